The third kappa shape index (κ3) is 2.05. The van der Waals surface area contributed by atoms with Crippen LogP contribution in [0.5, 0.6) is 0 Å². The Morgan fingerprint density at radius 1 is 1.58 bits per heavy atom. The van der Waals surface area contributed by atoms with Gasteiger partial charge in [0.05, 0.1) is 12.6 Å². The van der Waals surface area contributed by atoms with Crippen LogP contribution in [0, 0.1) is 0 Å². The average molecular weight is 299 g/mol. The van der Waals surface area contributed by atoms with Gasteiger partial charge in [-0.3, -0.25) is 0 Å². The van der Waals surface area contributed by atoms with Crippen molar-refractivity contribution in [1.82, 2.24) is 14.8 Å². The van der Waals surface area contributed by atoms with E-state index in [1.54, 1.807) is 4.68 Å². The number of halogens is 2. The molecule has 0 radical (unpaired) electrons. The molecule has 68 valence electrons. The first kappa shape index (κ1) is 10.1. The highest BCUT2D eigenvalue weighted by molar-refractivity contribution is 9.11. The van der Waals surface area contributed by atoms with Crippen LogP contribution in [0.1, 0.15) is 19.4 Å². The summed E-state index contributed by atoms with van der Waals surface area (Å²) in [5.74, 6) is 0. The molecule has 0 saturated carbocycles. The first-order valence-electron chi connectivity index (χ1n) is 3.57. The van der Waals surface area contributed by atoms with E-state index in [0.29, 0.717) is 9.47 Å². The molecule has 0 amide bonds. The summed E-state index contributed by atoms with van der Waals surface area (Å²) < 4.78 is 2.82. The summed E-state index contributed by atoms with van der Waals surface area (Å²) >= 11 is 6.40. The van der Waals surface area contributed by atoms with Gasteiger partial charge < -0.3 is 5.11 Å². The Hall–Kier alpha value is 0.0600. The summed E-state index contributed by atoms with van der Waals surface area (Å²) in [6, 6.07) is -0.00169. The maximum atomic E-state index is 8.99. The fraction of sp³-hybridized carbons (Fsp3) is 0.667. The van der Waals surface area contributed by atoms with Crippen molar-refractivity contribution in [2.45, 2.75) is 19.4 Å². The SMILES string of the molecule is CCC(CO)n1nc(Br)nc1Br. The Morgan fingerprint density at radius 2 is 2.25 bits per heavy atom. The van der Waals surface area contributed by atoms with E-state index in [0.717, 1.165) is 6.42 Å². The molecule has 1 aromatic rings. The number of aliphatic hydroxyl groups excluding tert-OH is 1. The zero-order valence-electron chi connectivity index (χ0n) is 6.54. The van der Waals surface area contributed by atoms with Crippen molar-refractivity contribution in [1.29, 1.82) is 0 Å². The van der Waals surface area contributed by atoms with Crippen LogP contribution in [0.2, 0.25) is 0 Å². The van der Waals surface area contributed by atoms with E-state index in [1.807, 2.05) is 6.92 Å². The first-order chi connectivity index (χ1) is 5.69. The van der Waals surface area contributed by atoms with Crippen molar-refractivity contribution >= 4 is 31.9 Å². The van der Waals surface area contributed by atoms with E-state index < -0.39 is 0 Å². The van der Waals surface area contributed by atoms with Gasteiger partial charge in [-0.1, -0.05) is 6.92 Å². The third-order valence-electron chi connectivity index (χ3n) is 1.59. The molecule has 0 spiro atoms. The monoisotopic (exact) mass is 297 g/mol. The minimum absolute atomic E-state index is 0.00169. The molecule has 0 fully saturated rings. The van der Waals surface area contributed by atoms with Crippen LogP contribution in [-0.2, 0) is 0 Å². The number of rotatable bonds is 3. The molecule has 1 rings (SSSR count). The van der Waals surface area contributed by atoms with Gasteiger partial charge in [-0.05, 0) is 38.3 Å². The van der Waals surface area contributed by atoms with Gasteiger partial charge in [0.2, 0.25) is 4.73 Å². The normalized spacial score (nSPS) is 13.3. The van der Waals surface area contributed by atoms with E-state index in [2.05, 4.69) is 41.9 Å². The maximum Gasteiger partial charge on any atom is 0.218 e. The molecule has 1 unspecified atom stereocenters. The highest BCUT2D eigenvalue weighted by atomic mass is 79.9. The predicted molar refractivity (Wildman–Crippen MR) is 51.8 cm³/mol. The molecule has 0 aliphatic carbocycles. The molecule has 0 bridgehead atoms. The maximum absolute atomic E-state index is 8.99. The van der Waals surface area contributed by atoms with Gasteiger partial charge in [0, 0.05) is 0 Å². The zero-order valence-corrected chi connectivity index (χ0v) is 9.71. The molecule has 1 N–H and O–H groups in total. The summed E-state index contributed by atoms with van der Waals surface area (Å²) in [4.78, 5) is 4.00. The summed E-state index contributed by atoms with van der Waals surface area (Å²) in [7, 11) is 0. The summed E-state index contributed by atoms with van der Waals surface area (Å²) in [6.07, 6.45) is 0.824. The Balaban J connectivity index is 2.91. The zero-order chi connectivity index (χ0) is 9.14. The topological polar surface area (TPSA) is 50.9 Å². The van der Waals surface area contributed by atoms with Crippen molar-refractivity contribution in [2.24, 2.45) is 0 Å². The minimum atomic E-state index is -0.00169. The van der Waals surface area contributed by atoms with Crippen molar-refractivity contribution in [3.05, 3.63) is 9.47 Å². The Bertz CT molecular complexity index is 259. The molecule has 0 aromatic carbocycles. The summed E-state index contributed by atoms with van der Waals surface area (Å²) in [5, 5.41) is 13.1. The largest absolute Gasteiger partial charge is 0.394 e. The number of hydrogen-bond acceptors (Lipinski definition) is 3. The quantitative estimate of drug-likeness (QED) is 0.925. The highest BCUT2D eigenvalue weighted by Crippen LogP contribution is 2.18. The molecule has 1 atom stereocenters. The highest BCUT2D eigenvalue weighted by Gasteiger charge is 2.13. The molecular formula is C6H9Br2N3O. The molecule has 12 heavy (non-hydrogen) atoms. The molecule has 1 heterocycles. The second-order valence-corrected chi connectivity index (χ2v) is 3.76. The lowest BCUT2D eigenvalue weighted by molar-refractivity contribution is 0.212. The Kier molecular flexibility index (Phi) is 3.67. The van der Waals surface area contributed by atoms with Gasteiger partial charge in [0.1, 0.15) is 0 Å². The van der Waals surface area contributed by atoms with Crippen LogP contribution in [0.3, 0.4) is 0 Å². The standard InChI is InChI=1S/C6H9Br2N3O/c1-2-4(3-12)11-6(8)9-5(7)10-11/h4,12H,2-3H2,1H3. The van der Waals surface area contributed by atoms with Gasteiger partial charge in [-0.15, -0.1) is 5.10 Å². The van der Waals surface area contributed by atoms with Gasteiger partial charge in [-0.2, -0.15) is 4.98 Å². The van der Waals surface area contributed by atoms with E-state index in [9.17, 15) is 0 Å². The fourth-order valence-electron chi connectivity index (χ4n) is 0.892. The number of nitrogens with zero attached hydrogens (tertiary/aromatic N) is 3. The number of aliphatic hydroxyl groups is 1. The van der Waals surface area contributed by atoms with Crippen LogP contribution in [0.15, 0.2) is 9.47 Å². The number of hydrogen-bond donors (Lipinski definition) is 1. The molecule has 6 heteroatoms. The van der Waals surface area contributed by atoms with Crippen LogP contribution in [0.25, 0.3) is 0 Å². The van der Waals surface area contributed by atoms with E-state index >= 15 is 0 Å². The Morgan fingerprint density at radius 3 is 2.58 bits per heavy atom. The number of aromatic nitrogens is 3. The van der Waals surface area contributed by atoms with Gasteiger partial charge >= 0.3 is 0 Å². The summed E-state index contributed by atoms with van der Waals surface area (Å²) in [6.45, 7) is 2.06. The average Bonchev–Trinajstić information content (AvgIpc) is 2.34. The molecule has 4 nitrogen and oxygen atoms in total. The van der Waals surface area contributed by atoms with Gasteiger partial charge in [0.15, 0.2) is 4.73 Å². The minimum Gasteiger partial charge on any atom is -0.394 e. The lowest BCUT2D eigenvalue weighted by atomic mass is 10.2. The second kappa shape index (κ2) is 4.34. The van der Waals surface area contributed by atoms with Crippen molar-refractivity contribution in [3.63, 3.8) is 0 Å². The van der Waals surface area contributed by atoms with Gasteiger partial charge in [0.25, 0.3) is 0 Å². The predicted octanol–water partition coefficient (Wildman–Crippen LogP) is 1.75. The lowest BCUT2D eigenvalue weighted by Gasteiger charge is -2.11. The first-order valence-corrected chi connectivity index (χ1v) is 5.16. The molecular weight excluding hydrogens is 290 g/mol. The molecule has 0 aliphatic rings. The molecule has 0 saturated heterocycles. The van der Waals surface area contributed by atoms with E-state index in [4.69, 9.17) is 5.11 Å². The van der Waals surface area contributed by atoms with Crippen molar-refractivity contribution in [2.75, 3.05) is 6.61 Å². The third-order valence-corrected chi connectivity index (χ3v) is 2.47. The van der Waals surface area contributed by atoms with Crippen LogP contribution < -0.4 is 0 Å². The van der Waals surface area contributed by atoms with E-state index in [-0.39, 0.29) is 12.6 Å². The lowest BCUT2D eigenvalue weighted by Crippen LogP contribution is -2.13. The second-order valence-electron chi connectivity index (χ2n) is 2.34. The van der Waals surface area contributed by atoms with Gasteiger partial charge in [-0.25, -0.2) is 4.68 Å². The smallest absolute Gasteiger partial charge is 0.218 e. The van der Waals surface area contributed by atoms with Crippen molar-refractivity contribution in [3.8, 4) is 0 Å². The van der Waals surface area contributed by atoms with Crippen LogP contribution >= 0.6 is 31.9 Å². The Labute approximate surface area is 87.2 Å². The van der Waals surface area contributed by atoms with E-state index in [1.165, 1.54) is 0 Å². The molecule has 1 aromatic heterocycles. The molecule has 0 aliphatic heterocycles. The summed E-state index contributed by atoms with van der Waals surface area (Å²) in [5.41, 5.74) is 0. The van der Waals surface area contributed by atoms with Crippen molar-refractivity contribution < 1.29 is 5.11 Å². The van der Waals surface area contributed by atoms with Crippen LogP contribution in [0.4, 0.5) is 0 Å². The van der Waals surface area contributed by atoms with Crippen LogP contribution in [-0.4, -0.2) is 26.5 Å². The fourth-order valence-corrected chi connectivity index (χ4v) is 2.01.